The third-order valence-electron chi connectivity index (χ3n) is 4.70. The number of carbonyl (C=O) groups excluding carboxylic acids is 1. The molecule has 31 heavy (non-hydrogen) atoms. The summed E-state index contributed by atoms with van der Waals surface area (Å²) in [5, 5.41) is 4.63. The van der Waals surface area contributed by atoms with E-state index in [2.05, 4.69) is 18.3 Å². The molecule has 3 rings (SSSR count). The molecule has 0 radical (unpaired) electrons. The van der Waals surface area contributed by atoms with Crippen LogP contribution in [0, 0.1) is 0 Å². The highest BCUT2D eigenvalue weighted by atomic mass is 32.2. The molecule has 0 atom stereocenters. The molecule has 0 spiro atoms. The largest absolute Gasteiger partial charge is 0.497 e. The third-order valence-corrected chi connectivity index (χ3v) is 7.56. The van der Waals surface area contributed by atoms with Gasteiger partial charge in [0.05, 0.1) is 23.3 Å². The molecule has 9 heteroatoms. The highest BCUT2D eigenvalue weighted by Crippen LogP contribution is 2.28. The van der Waals surface area contributed by atoms with Gasteiger partial charge in [-0.15, -0.1) is 0 Å². The van der Waals surface area contributed by atoms with Crippen molar-refractivity contribution in [3.05, 3.63) is 54.1 Å². The topological polar surface area (TPSA) is 88.6 Å². The molecule has 2 aromatic carbocycles. The van der Waals surface area contributed by atoms with E-state index in [1.807, 2.05) is 18.2 Å². The van der Waals surface area contributed by atoms with Gasteiger partial charge in [-0.3, -0.25) is 4.79 Å². The lowest BCUT2D eigenvalue weighted by Gasteiger charge is -2.12. The van der Waals surface area contributed by atoms with Crippen molar-refractivity contribution < 1.29 is 17.9 Å². The number of pyridine rings is 1. The minimum absolute atomic E-state index is 0.174. The number of ether oxygens (including phenoxy) is 1. The van der Waals surface area contributed by atoms with Crippen LogP contribution < -0.4 is 10.1 Å². The number of hydrogen-bond acceptors (Lipinski definition) is 6. The van der Waals surface area contributed by atoms with Crippen LogP contribution in [0.15, 0.2) is 58.5 Å². The van der Waals surface area contributed by atoms with Crippen molar-refractivity contribution in [2.24, 2.45) is 0 Å². The first kappa shape index (κ1) is 23.1. The Morgan fingerprint density at radius 2 is 1.84 bits per heavy atom. The molecule has 164 valence electrons. The molecular formula is C22H25N3O4S2. The van der Waals surface area contributed by atoms with Crippen molar-refractivity contribution in [2.75, 3.05) is 32.3 Å². The van der Waals surface area contributed by atoms with Crippen molar-refractivity contribution >= 4 is 44.3 Å². The zero-order valence-electron chi connectivity index (χ0n) is 17.9. The normalized spacial score (nSPS) is 11.6. The van der Waals surface area contributed by atoms with Crippen LogP contribution >= 0.6 is 11.8 Å². The number of anilines is 1. The summed E-state index contributed by atoms with van der Waals surface area (Å²) in [7, 11) is 1.07. The SMILES string of the molecule is CCc1cc2ccc(OC)cc2nc1SCC(=O)Nc1ccc(S(=O)(=O)N(C)C)cc1. The number of hydrogen-bond donors (Lipinski definition) is 1. The number of sulfonamides is 1. The van der Waals surface area contributed by atoms with Gasteiger partial charge in [-0.1, -0.05) is 18.7 Å². The second kappa shape index (κ2) is 9.67. The summed E-state index contributed by atoms with van der Waals surface area (Å²) in [5.41, 5.74) is 2.43. The van der Waals surface area contributed by atoms with E-state index >= 15 is 0 Å². The summed E-state index contributed by atoms with van der Waals surface area (Å²) in [5.74, 6) is 0.730. The number of rotatable bonds is 8. The van der Waals surface area contributed by atoms with Gasteiger partial charge in [0, 0.05) is 31.2 Å². The van der Waals surface area contributed by atoms with E-state index in [0.29, 0.717) is 5.69 Å². The van der Waals surface area contributed by atoms with Crippen LogP contribution in [0.2, 0.25) is 0 Å². The lowest BCUT2D eigenvalue weighted by atomic mass is 10.1. The van der Waals surface area contributed by atoms with Gasteiger partial charge < -0.3 is 10.1 Å². The number of thioether (sulfide) groups is 1. The molecule has 1 aromatic heterocycles. The maximum absolute atomic E-state index is 12.4. The molecule has 0 saturated heterocycles. The molecule has 3 aromatic rings. The number of fused-ring (bicyclic) bond motifs is 1. The quantitative estimate of drug-likeness (QED) is 0.516. The Balaban J connectivity index is 1.69. The minimum atomic E-state index is -3.50. The molecular weight excluding hydrogens is 434 g/mol. The van der Waals surface area contributed by atoms with Gasteiger partial charge in [0.25, 0.3) is 0 Å². The van der Waals surface area contributed by atoms with Crippen LogP contribution in [0.4, 0.5) is 5.69 Å². The maximum Gasteiger partial charge on any atom is 0.242 e. The van der Waals surface area contributed by atoms with Crippen LogP contribution in [0.5, 0.6) is 5.75 Å². The fourth-order valence-corrected chi connectivity index (χ4v) is 4.72. The van der Waals surface area contributed by atoms with Crippen molar-refractivity contribution in [1.29, 1.82) is 0 Å². The molecule has 0 aliphatic rings. The van der Waals surface area contributed by atoms with Gasteiger partial charge in [-0.25, -0.2) is 17.7 Å². The number of aromatic nitrogens is 1. The molecule has 1 amide bonds. The third kappa shape index (κ3) is 5.36. The van der Waals surface area contributed by atoms with Crippen LogP contribution in [0.25, 0.3) is 10.9 Å². The summed E-state index contributed by atoms with van der Waals surface area (Å²) in [6, 6.07) is 14.0. The van der Waals surface area contributed by atoms with Gasteiger partial charge in [0.2, 0.25) is 15.9 Å². The van der Waals surface area contributed by atoms with Crippen molar-refractivity contribution in [1.82, 2.24) is 9.29 Å². The van der Waals surface area contributed by atoms with Crippen LogP contribution in [-0.4, -0.2) is 50.6 Å². The first-order valence-electron chi connectivity index (χ1n) is 9.67. The Morgan fingerprint density at radius 3 is 2.45 bits per heavy atom. The Kier molecular flexibility index (Phi) is 7.19. The average Bonchev–Trinajstić information content (AvgIpc) is 2.76. The monoisotopic (exact) mass is 459 g/mol. The predicted molar refractivity (Wildman–Crippen MR) is 124 cm³/mol. The Bertz CT molecular complexity index is 1190. The van der Waals surface area contributed by atoms with Crippen molar-refractivity contribution in [2.45, 2.75) is 23.3 Å². The number of methoxy groups -OCH3 is 1. The predicted octanol–water partition coefficient (Wildman–Crippen LogP) is 3.79. The van der Waals surface area contributed by atoms with Crippen molar-refractivity contribution in [3.63, 3.8) is 0 Å². The first-order valence-corrected chi connectivity index (χ1v) is 12.1. The lowest BCUT2D eigenvalue weighted by Crippen LogP contribution is -2.22. The van der Waals surface area contributed by atoms with Crippen LogP contribution in [0.3, 0.4) is 0 Å². The minimum Gasteiger partial charge on any atom is -0.497 e. The van der Waals surface area contributed by atoms with Crippen LogP contribution in [-0.2, 0) is 21.2 Å². The Morgan fingerprint density at radius 1 is 1.13 bits per heavy atom. The fraction of sp³-hybridized carbons (Fsp3) is 0.273. The standard InChI is InChI=1S/C22H25N3O4S2/c1-5-15-12-16-6-9-18(29-4)13-20(16)24-22(15)30-14-21(26)23-17-7-10-19(11-8-17)31(27,28)25(2)3/h6-13H,5,14H2,1-4H3,(H,23,26). The molecule has 0 aliphatic heterocycles. The summed E-state index contributed by atoms with van der Waals surface area (Å²) < 4.78 is 30.7. The number of carbonyl (C=O) groups is 1. The number of aryl methyl sites for hydroxylation is 1. The van der Waals surface area contributed by atoms with E-state index < -0.39 is 10.0 Å². The summed E-state index contributed by atoms with van der Waals surface area (Å²) in [4.78, 5) is 17.3. The average molecular weight is 460 g/mol. The molecule has 1 heterocycles. The molecule has 7 nitrogen and oxygen atoms in total. The van der Waals surface area contributed by atoms with E-state index in [1.54, 1.807) is 19.2 Å². The van der Waals surface area contributed by atoms with Crippen molar-refractivity contribution in [3.8, 4) is 5.75 Å². The first-order chi connectivity index (χ1) is 14.7. The lowest BCUT2D eigenvalue weighted by molar-refractivity contribution is -0.113. The smallest absolute Gasteiger partial charge is 0.242 e. The van der Waals surface area contributed by atoms with Gasteiger partial charge in [0.15, 0.2) is 0 Å². The van der Waals surface area contributed by atoms with E-state index in [1.165, 1.54) is 38.0 Å². The maximum atomic E-state index is 12.4. The number of nitrogens with one attached hydrogen (secondary N) is 1. The summed E-state index contributed by atoms with van der Waals surface area (Å²) in [6.45, 7) is 2.06. The fourth-order valence-electron chi connectivity index (χ4n) is 2.93. The van der Waals surface area contributed by atoms with Gasteiger partial charge in [-0.2, -0.15) is 0 Å². The van der Waals surface area contributed by atoms with Gasteiger partial charge >= 0.3 is 0 Å². The van der Waals surface area contributed by atoms with E-state index in [4.69, 9.17) is 9.72 Å². The second-order valence-corrected chi connectivity index (χ2v) is 10.1. The van der Waals surface area contributed by atoms with Gasteiger partial charge in [0.1, 0.15) is 10.8 Å². The molecule has 0 aliphatic carbocycles. The molecule has 0 bridgehead atoms. The zero-order valence-corrected chi connectivity index (χ0v) is 19.5. The summed E-state index contributed by atoms with van der Waals surface area (Å²) in [6.07, 6.45) is 0.806. The molecule has 0 unspecified atom stereocenters. The van der Waals surface area contributed by atoms with E-state index in [9.17, 15) is 13.2 Å². The number of nitrogens with zero attached hydrogens (tertiary/aromatic N) is 2. The van der Waals surface area contributed by atoms with E-state index in [-0.39, 0.29) is 16.6 Å². The van der Waals surface area contributed by atoms with Gasteiger partial charge in [-0.05, 0) is 54.4 Å². The zero-order chi connectivity index (χ0) is 22.6. The summed E-state index contributed by atoms with van der Waals surface area (Å²) >= 11 is 1.37. The number of amides is 1. The second-order valence-electron chi connectivity index (χ2n) is 7.01. The highest BCUT2D eigenvalue weighted by molar-refractivity contribution is 8.00. The molecule has 0 saturated carbocycles. The molecule has 1 N–H and O–H groups in total. The highest BCUT2D eigenvalue weighted by Gasteiger charge is 2.17. The van der Waals surface area contributed by atoms with Crippen LogP contribution in [0.1, 0.15) is 12.5 Å². The Hall–Kier alpha value is -2.62. The number of benzene rings is 2. The van der Waals surface area contributed by atoms with E-state index in [0.717, 1.165) is 38.0 Å². The molecule has 0 fully saturated rings. The Labute approximate surface area is 186 Å².